The van der Waals surface area contributed by atoms with Crippen molar-refractivity contribution >= 4 is 34.4 Å². The van der Waals surface area contributed by atoms with Gasteiger partial charge in [-0.2, -0.15) is 0 Å². The lowest BCUT2D eigenvalue weighted by Gasteiger charge is -2.08. The summed E-state index contributed by atoms with van der Waals surface area (Å²) in [4.78, 5) is 7.12. The summed E-state index contributed by atoms with van der Waals surface area (Å²) in [6.45, 7) is 4.92. The van der Waals surface area contributed by atoms with Crippen LogP contribution >= 0.6 is 23.4 Å². The van der Waals surface area contributed by atoms with Crippen molar-refractivity contribution in [2.24, 2.45) is 0 Å². The van der Waals surface area contributed by atoms with Crippen LogP contribution in [0.25, 0.3) is 11.0 Å². The van der Waals surface area contributed by atoms with E-state index in [1.165, 1.54) is 20.9 Å². The number of nitrogens with zero attached hydrogens (tertiary/aromatic N) is 2. The fourth-order valence-corrected chi connectivity index (χ4v) is 4.04. The second kappa shape index (κ2) is 7.18. The molecule has 26 heavy (non-hydrogen) atoms. The number of aromatic nitrogens is 2. The highest BCUT2D eigenvalue weighted by Crippen LogP contribution is 2.29. The molecular formula is C22H19ClN2S. The molecule has 0 fully saturated rings. The van der Waals surface area contributed by atoms with E-state index in [1.807, 2.05) is 19.1 Å². The predicted octanol–water partition coefficient (Wildman–Crippen LogP) is 6.51. The minimum Gasteiger partial charge on any atom is -0.324 e. The van der Waals surface area contributed by atoms with Crippen LogP contribution in [0.4, 0.5) is 0 Å². The first-order valence-electron chi connectivity index (χ1n) is 8.55. The van der Waals surface area contributed by atoms with Crippen LogP contribution in [0.15, 0.2) is 76.5 Å². The van der Waals surface area contributed by atoms with E-state index >= 15 is 0 Å². The summed E-state index contributed by atoms with van der Waals surface area (Å²) in [7, 11) is 0. The molecular weight excluding hydrogens is 360 g/mol. The highest BCUT2D eigenvalue weighted by atomic mass is 35.5. The lowest BCUT2D eigenvalue weighted by molar-refractivity contribution is 0.785. The van der Waals surface area contributed by atoms with Gasteiger partial charge in [-0.1, -0.05) is 59.3 Å². The fourth-order valence-electron chi connectivity index (χ4n) is 3.02. The minimum absolute atomic E-state index is 0.703. The number of halogens is 1. The topological polar surface area (TPSA) is 17.8 Å². The maximum Gasteiger partial charge on any atom is 0.107 e. The molecule has 130 valence electrons. The van der Waals surface area contributed by atoms with Crippen molar-refractivity contribution in [1.82, 2.24) is 9.55 Å². The molecule has 0 radical (unpaired) electrons. The van der Waals surface area contributed by atoms with E-state index in [4.69, 9.17) is 11.6 Å². The van der Waals surface area contributed by atoms with Crippen LogP contribution in [0, 0.1) is 13.8 Å². The summed E-state index contributed by atoms with van der Waals surface area (Å²) in [5.74, 6) is 0.978. The Morgan fingerprint density at radius 1 is 0.885 bits per heavy atom. The Labute approximate surface area is 162 Å². The zero-order valence-electron chi connectivity index (χ0n) is 14.7. The maximum atomic E-state index is 6.27. The number of para-hydroxylation sites is 1. The molecule has 0 amide bonds. The van der Waals surface area contributed by atoms with E-state index in [0.717, 1.165) is 23.4 Å². The molecule has 4 rings (SSSR count). The Balaban J connectivity index is 1.55. The molecule has 4 heteroatoms. The van der Waals surface area contributed by atoms with Gasteiger partial charge in [0.05, 0.1) is 10.5 Å². The van der Waals surface area contributed by atoms with E-state index in [9.17, 15) is 0 Å². The van der Waals surface area contributed by atoms with Gasteiger partial charge >= 0.3 is 0 Å². The zero-order chi connectivity index (χ0) is 18.1. The molecule has 4 aromatic rings. The lowest BCUT2D eigenvalue weighted by atomic mass is 10.2. The molecule has 0 aliphatic rings. The number of imidazole rings is 1. The Morgan fingerprint density at radius 3 is 2.23 bits per heavy atom. The third-order valence-corrected chi connectivity index (χ3v) is 5.76. The standard InChI is InChI=1S/C22H19ClN2S/c1-15-6-10-18(11-7-15)26-19-12-8-17(9-13-19)14-25-16(2)24-22-20(23)4-3-5-21(22)25/h3-13H,14H2,1-2H3. The normalized spacial score (nSPS) is 11.2. The quantitative estimate of drug-likeness (QED) is 0.403. The molecule has 0 N–H and O–H groups in total. The molecule has 0 aliphatic heterocycles. The Bertz CT molecular complexity index is 1050. The van der Waals surface area contributed by atoms with Crippen LogP contribution in [-0.4, -0.2) is 9.55 Å². The van der Waals surface area contributed by atoms with Crippen molar-refractivity contribution in [3.8, 4) is 0 Å². The monoisotopic (exact) mass is 378 g/mol. The first-order valence-corrected chi connectivity index (χ1v) is 9.74. The van der Waals surface area contributed by atoms with Crippen LogP contribution in [0.1, 0.15) is 17.0 Å². The second-order valence-corrected chi connectivity index (χ2v) is 7.97. The van der Waals surface area contributed by atoms with Crippen molar-refractivity contribution in [2.45, 2.75) is 30.2 Å². The molecule has 0 aliphatic carbocycles. The van der Waals surface area contributed by atoms with Gasteiger partial charge in [0, 0.05) is 16.3 Å². The maximum absolute atomic E-state index is 6.27. The first-order chi connectivity index (χ1) is 12.6. The van der Waals surface area contributed by atoms with Gasteiger partial charge in [-0.25, -0.2) is 4.98 Å². The Hall–Kier alpha value is -2.23. The smallest absolute Gasteiger partial charge is 0.107 e. The summed E-state index contributed by atoms with van der Waals surface area (Å²) in [6, 6.07) is 23.3. The molecule has 1 aromatic heterocycles. The number of hydrogen-bond donors (Lipinski definition) is 0. The van der Waals surface area contributed by atoms with Crippen LogP contribution in [0.2, 0.25) is 5.02 Å². The average molecular weight is 379 g/mol. The molecule has 0 bridgehead atoms. The predicted molar refractivity (Wildman–Crippen MR) is 110 cm³/mol. The van der Waals surface area contributed by atoms with Gasteiger partial charge in [0.15, 0.2) is 0 Å². The van der Waals surface area contributed by atoms with Crippen molar-refractivity contribution < 1.29 is 0 Å². The highest BCUT2D eigenvalue weighted by Gasteiger charge is 2.10. The van der Waals surface area contributed by atoms with Gasteiger partial charge in [0.1, 0.15) is 11.3 Å². The fraction of sp³-hybridized carbons (Fsp3) is 0.136. The van der Waals surface area contributed by atoms with Gasteiger partial charge in [0.25, 0.3) is 0 Å². The van der Waals surface area contributed by atoms with Gasteiger partial charge < -0.3 is 4.57 Å². The lowest BCUT2D eigenvalue weighted by Crippen LogP contribution is -2.01. The van der Waals surface area contributed by atoms with E-state index in [-0.39, 0.29) is 0 Å². The number of benzene rings is 3. The molecule has 0 atom stereocenters. The Morgan fingerprint density at radius 2 is 1.54 bits per heavy atom. The van der Waals surface area contributed by atoms with Crippen molar-refractivity contribution in [3.63, 3.8) is 0 Å². The van der Waals surface area contributed by atoms with Gasteiger partial charge in [-0.15, -0.1) is 0 Å². The van der Waals surface area contributed by atoms with Crippen LogP contribution in [0.3, 0.4) is 0 Å². The third kappa shape index (κ3) is 3.50. The summed E-state index contributed by atoms with van der Waals surface area (Å²) in [6.07, 6.45) is 0. The van der Waals surface area contributed by atoms with Crippen LogP contribution < -0.4 is 0 Å². The molecule has 3 aromatic carbocycles. The van der Waals surface area contributed by atoms with E-state index < -0.39 is 0 Å². The van der Waals surface area contributed by atoms with Crippen LogP contribution in [-0.2, 0) is 6.54 Å². The minimum atomic E-state index is 0.703. The van der Waals surface area contributed by atoms with Crippen molar-refractivity contribution in [2.75, 3.05) is 0 Å². The highest BCUT2D eigenvalue weighted by molar-refractivity contribution is 7.99. The number of aryl methyl sites for hydroxylation is 2. The number of fused-ring (bicyclic) bond motifs is 1. The van der Waals surface area contributed by atoms with Crippen LogP contribution in [0.5, 0.6) is 0 Å². The van der Waals surface area contributed by atoms with Crippen molar-refractivity contribution in [3.05, 3.63) is 88.7 Å². The average Bonchev–Trinajstić information content (AvgIpc) is 2.96. The summed E-state index contributed by atoms with van der Waals surface area (Å²) < 4.78 is 2.21. The summed E-state index contributed by atoms with van der Waals surface area (Å²) in [5, 5.41) is 0.703. The summed E-state index contributed by atoms with van der Waals surface area (Å²) in [5.41, 5.74) is 4.49. The van der Waals surface area contributed by atoms with E-state index in [0.29, 0.717) is 5.02 Å². The zero-order valence-corrected chi connectivity index (χ0v) is 16.3. The van der Waals surface area contributed by atoms with Gasteiger partial charge in [-0.3, -0.25) is 0 Å². The van der Waals surface area contributed by atoms with Crippen molar-refractivity contribution in [1.29, 1.82) is 0 Å². The second-order valence-electron chi connectivity index (χ2n) is 6.41. The molecule has 0 spiro atoms. The SMILES string of the molecule is Cc1ccc(Sc2ccc(Cn3c(C)nc4c(Cl)cccc43)cc2)cc1. The van der Waals surface area contributed by atoms with Gasteiger partial charge in [-0.05, 0) is 55.8 Å². The van der Waals surface area contributed by atoms with Gasteiger partial charge in [0.2, 0.25) is 0 Å². The third-order valence-electron chi connectivity index (χ3n) is 4.44. The first kappa shape index (κ1) is 17.2. The van der Waals surface area contributed by atoms with E-state index in [1.54, 1.807) is 11.8 Å². The molecule has 0 saturated carbocycles. The largest absolute Gasteiger partial charge is 0.324 e. The Kier molecular flexibility index (Phi) is 4.75. The number of hydrogen-bond acceptors (Lipinski definition) is 2. The summed E-state index contributed by atoms with van der Waals surface area (Å²) >= 11 is 8.06. The number of rotatable bonds is 4. The molecule has 0 saturated heterocycles. The molecule has 1 heterocycles. The van der Waals surface area contributed by atoms with E-state index in [2.05, 4.69) is 71.1 Å². The molecule has 2 nitrogen and oxygen atoms in total. The molecule has 0 unspecified atom stereocenters.